The molecule has 0 spiro atoms. The lowest BCUT2D eigenvalue weighted by molar-refractivity contribution is 1.13. The van der Waals surface area contributed by atoms with Gasteiger partial charge in [0.05, 0.1) is 5.38 Å². The van der Waals surface area contributed by atoms with Gasteiger partial charge in [-0.15, -0.1) is 11.6 Å². The maximum atomic E-state index is 6.59. The Morgan fingerprint density at radius 3 is 2.35 bits per heavy atom. The number of benzene rings is 2. The maximum Gasteiger partial charge on any atom is 0.0847 e. The zero-order valence-corrected chi connectivity index (χ0v) is 11.4. The second-order valence-electron chi connectivity index (χ2n) is 4.07. The van der Waals surface area contributed by atoms with Gasteiger partial charge in [-0.3, -0.25) is 0 Å². The fraction of sp³-hybridized carbons (Fsp3) is 0.0667. The molecule has 0 aromatic heterocycles. The first-order chi connectivity index (χ1) is 8.27. The molecule has 1 aliphatic carbocycles. The van der Waals surface area contributed by atoms with Crippen molar-refractivity contribution in [1.82, 2.24) is 0 Å². The highest BCUT2D eigenvalue weighted by molar-refractivity contribution is 9.15. The first-order valence-electron chi connectivity index (χ1n) is 5.47. The summed E-state index contributed by atoms with van der Waals surface area (Å²) < 4.78 is 1.09. The number of alkyl halides is 1. The van der Waals surface area contributed by atoms with Crippen LogP contribution in [0.4, 0.5) is 0 Å². The van der Waals surface area contributed by atoms with Gasteiger partial charge in [0, 0.05) is 4.48 Å². The van der Waals surface area contributed by atoms with E-state index in [4.69, 9.17) is 11.6 Å². The summed E-state index contributed by atoms with van der Waals surface area (Å²) in [6, 6.07) is 16.5. The summed E-state index contributed by atoms with van der Waals surface area (Å²) >= 11 is 10.2. The van der Waals surface area contributed by atoms with Crippen molar-refractivity contribution in [3.05, 3.63) is 70.8 Å². The molecule has 1 unspecified atom stereocenters. The van der Waals surface area contributed by atoms with Crippen LogP contribution in [-0.4, -0.2) is 0 Å². The van der Waals surface area contributed by atoms with Gasteiger partial charge in [-0.05, 0) is 28.3 Å². The van der Waals surface area contributed by atoms with Crippen LogP contribution in [0, 0.1) is 0 Å². The lowest BCUT2D eigenvalue weighted by Crippen LogP contribution is -1.96. The largest absolute Gasteiger partial charge is 0.113 e. The number of fused-ring (bicyclic) bond motifs is 2. The Labute approximate surface area is 114 Å². The summed E-state index contributed by atoms with van der Waals surface area (Å²) in [7, 11) is 0. The van der Waals surface area contributed by atoms with Crippen LogP contribution in [0.25, 0.3) is 10.6 Å². The molecule has 2 aromatic carbocycles. The molecule has 0 fully saturated rings. The normalized spacial score (nSPS) is 17.8. The Bertz CT molecular complexity index is 601. The maximum absolute atomic E-state index is 6.59. The summed E-state index contributed by atoms with van der Waals surface area (Å²) in [4.78, 5) is 0. The van der Waals surface area contributed by atoms with Gasteiger partial charge in [-0.2, -0.15) is 0 Å². The van der Waals surface area contributed by atoms with Crippen LogP contribution >= 0.6 is 27.5 Å². The van der Waals surface area contributed by atoms with Gasteiger partial charge in [0.15, 0.2) is 0 Å². The van der Waals surface area contributed by atoms with Crippen molar-refractivity contribution in [2.75, 3.05) is 0 Å². The van der Waals surface area contributed by atoms with Crippen molar-refractivity contribution in [1.29, 1.82) is 0 Å². The van der Waals surface area contributed by atoms with E-state index in [1.807, 2.05) is 24.3 Å². The average molecular weight is 306 g/mol. The Balaban J connectivity index is 2.32. The number of hydrogen-bond donors (Lipinski definition) is 0. The molecule has 17 heavy (non-hydrogen) atoms. The van der Waals surface area contributed by atoms with Crippen LogP contribution in [-0.2, 0) is 0 Å². The molecule has 1 atom stereocenters. The van der Waals surface area contributed by atoms with Gasteiger partial charge in [0.1, 0.15) is 0 Å². The SMILES string of the molecule is ClC1c2ccccc2C=C(Br)c2ccccc21. The molecular formula is C15H10BrCl. The average Bonchev–Trinajstić information content (AvgIpc) is 2.48. The Kier molecular flexibility index (Phi) is 2.81. The Morgan fingerprint density at radius 2 is 1.53 bits per heavy atom. The lowest BCUT2D eigenvalue weighted by atomic mass is 9.99. The highest BCUT2D eigenvalue weighted by Gasteiger charge is 2.21. The monoisotopic (exact) mass is 304 g/mol. The Hall–Kier alpha value is -1.05. The summed E-state index contributed by atoms with van der Waals surface area (Å²) in [6.45, 7) is 0. The van der Waals surface area contributed by atoms with Crippen molar-refractivity contribution >= 4 is 38.1 Å². The van der Waals surface area contributed by atoms with E-state index >= 15 is 0 Å². The first-order valence-corrected chi connectivity index (χ1v) is 6.70. The van der Waals surface area contributed by atoms with E-state index < -0.39 is 0 Å². The van der Waals surface area contributed by atoms with E-state index in [9.17, 15) is 0 Å². The van der Waals surface area contributed by atoms with E-state index in [0.29, 0.717) is 0 Å². The fourth-order valence-corrected chi connectivity index (χ4v) is 3.19. The number of hydrogen-bond acceptors (Lipinski definition) is 0. The minimum absolute atomic E-state index is 0.0892. The smallest absolute Gasteiger partial charge is 0.0847 e. The van der Waals surface area contributed by atoms with E-state index in [-0.39, 0.29) is 5.38 Å². The molecule has 0 amide bonds. The lowest BCUT2D eigenvalue weighted by Gasteiger charge is -2.13. The van der Waals surface area contributed by atoms with Crippen LogP contribution in [0.5, 0.6) is 0 Å². The fourth-order valence-electron chi connectivity index (χ4n) is 2.19. The van der Waals surface area contributed by atoms with Crippen molar-refractivity contribution in [3.63, 3.8) is 0 Å². The van der Waals surface area contributed by atoms with E-state index in [0.717, 1.165) is 15.6 Å². The Morgan fingerprint density at radius 1 is 0.882 bits per heavy atom. The van der Waals surface area contributed by atoms with Crippen molar-refractivity contribution in [2.24, 2.45) is 0 Å². The topological polar surface area (TPSA) is 0 Å². The van der Waals surface area contributed by atoms with Gasteiger partial charge < -0.3 is 0 Å². The van der Waals surface area contributed by atoms with Crippen molar-refractivity contribution < 1.29 is 0 Å². The standard InChI is InChI=1S/C15H10BrCl/c16-14-9-10-5-1-2-6-11(10)15(17)13-8-4-3-7-12(13)14/h1-9,15H. The molecule has 1 aliphatic rings. The number of halogens is 2. The van der Waals surface area contributed by atoms with Gasteiger partial charge in [-0.25, -0.2) is 0 Å². The second-order valence-corrected chi connectivity index (χ2v) is 5.36. The van der Waals surface area contributed by atoms with Gasteiger partial charge in [0.25, 0.3) is 0 Å². The quantitative estimate of drug-likeness (QED) is 0.585. The highest BCUT2D eigenvalue weighted by atomic mass is 79.9. The zero-order chi connectivity index (χ0) is 11.8. The van der Waals surface area contributed by atoms with Crippen molar-refractivity contribution in [3.8, 4) is 0 Å². The van der Waals surface area contributed by atoms with E-state index in [1.165, 1.54) is 11.1 Å². The molecule has 0 saturated heterocycles. The summed E-state index contributed by atoms with van der Waals surface area (Å²) in [5, 5.41) is -0.0892. The van der Waals surface area contributed by atoms with E-state index in [2.05, 4.69) is 46.3 Å². The van der Waals surface area contributed by atoms with E-state index in [1.54, 1.807) is 0 Å². The molecular weight excluding hydrogens is 296 g/mol. The third-order valence-electron chi connectivity index (χ3n) is 3.04. The van der Waals surface area contributed by atoms with Gasteiger partial charge >= 0.3 is 0 Å². The number of rotatable bonds is 0. The molecule has 3 rings (SSSR count). The second kappa shape index (κ2) is 4.32. The highest BCUT2D eigenvalue weighted by Crippen LogP contribution is 2.41. The molecule has 0 N–H and O–H groups in total. The van der Waals surface area contributed by atoms with Crippen LogP contribution in [0.15, 0.2) is 48.5 Å². The van der Waals surface area contributed by atoms with Crippen LogP contribution < -0.4 is 0 Å². The minimum Gasteiger partial charge on any atom is -0.113 e. The minimum atomic E-state index is -0.0892. The molecule has 84 valence electrons. The molecule has 0 radical (unpaired) electrons. The van der Waals surface area contributed by atoms with Crippen LogP contribution in [0.3, 0.4) is 0 Å². The van der Waals surface area contributed by atoms with Crippen LogP contribution in [0.1, 0.15) is 27.6 Å². The van der Waals surface area contributed by atoms with Crippen molar-refractivity contribution in [2.45, 2.75) is 5.38 Å². The third-order valence-corrected chi connectivity index (χ3v) is 4.17. The summed E-state index contributed by atoms with van der Waals surface area (Å²) in [6.07, 6.45) is 2.14. The van der Waals surface area contributed by atoms with Gasteiger partial charge in [-0.1, -0.05) is 64.5 Å². The molecule has 2 heteroatoms. The molecule has 0 saturated carbocycles. The predicted molar refractivity (Wildman–Crippen MR) is 77.4 cm³/mol. The van der Waals surface area contributed by atoms with Crippen LogP contribution in [0.2, 0.25) is 0 Å². The third kappa shape index (κ3) is 1.84. The summed E-state index contributed by atoms with van der Waals surface area (Å²) in [5.41, 5.74) is 4.66. The molecule has 0 nitrogen and oxygen atoms in total. The predicted octanol–water partition coefficient (Wildman–Crippen LogP) is 5.22. The summed E-state index contributed by atoms with van der Waals surface area (Å²) in [5.74, 6) is 0. The zero-order valence-electron chi connectivity index (χ0n) is 9.03. The van der Waals surface area contributed by atoms with Gasteiger partial charge in [0.2, 0.25) is 0 Å². The molecule has 0 aliphatic heterocycles. The molecule has 2 aromatic rings. The molecule has 0 bridgehead atoms. The first kappa shape index (κ1) is 11.1. The molecule has 0 heterocycles.